The van der Waals surface area contributed by atoms with E-state index in [-0.39, 0.29) is 12.1 Å². The second-order valence-corrected chi connectivity index (χ2v) is 10.8. The maximum atomic E-state index is 13.1. The molecule has 0 aliphatic heterocycles. The van der Waals surface area contributed by atoms with Gasteiger partial charge < -0.3 is 10.1 Å². The highest BCUT2D eigenvalue weighted by molar-refractivity contribution is 5.93. The predicted octanol–water partition coefficient (Wildman–Crippen LogP) is 7.81. The van der Waals surface area contributed by atoms with Crippen molar-refractivity contribution in [1.29, 1.82) is 0 Å². The van der Waals surface area contributed by atoms with Crippen molar-refractivity contribution in [1.82, 2.24) is 20.1 Å². The number of carbonyl (C=O) groups is 1. The van der Waals surface area contributed by atoms with Gasteiger partial charge in [-0.3, -0.25) is 5.32 Å². The van der Waals surface area contributed by atoms with Crippen molar-refractivity contribution >= 4 is 28.8 Å². The fraction of sp³-hybridized carbons (Fsp3) is 0.132. The number of nitrogens with one attached hydrogen (secondary N) is 2. The van der Waals surface area contributed by atoms with Gasteiger partial charge in [0, 0.05) is 24.8 Å². The van der Waals surface area contributed by atoms with Crippen LogP contribution in [0.25, 0.3) is 17.0 Å². The summed E-state index contributed by atoms with van der Waals surface area (Å²) >= 11 is 0. The number of fused-ring (bicyclic) bond motifs is 1. The molecule has 0 saturated carbocycles. The standard InChI is InChI=1S/C38H35N5O2/c1-28(29-16-7-3-8-17-29)40-37(44)41-36-26-35-33(27-39-36)34(24-15-25-45-2)42-43(35)38(30-18-9-4-10-19-30,31-20-11-5-12-21-31)32-22-13-6-14-23-32/h3-24,26-28H,25H2,1-2H3,(H2,39,40,41,44)/b24-15+. The van der Waals surface area contributed by atoms with Gasteiger partial charge in [0.1, 0.15) is 11.4 Å². The quantitative estimate of drug-likeness (QED) is 0.159. The van der Waals surface area contributed by atoms with Gasteiger partial charge in [0.05, 0.1) is 23.9 Å². The van der Waals surface area contributed by atoms with E-state index in [9.17, 15) is 4.79 Å². The summed E-state index contributed by atoms with van der Waals surface area (Å²) in [5, 5.41) is 12.1. The summed E-state index contributed by atoms with van der Waals surface area (Å²) in [5.41, 5.74) is 4.85. The Bertz CT molecular complexity index is 1790. The molecule has 2 aromatic heterocycles. The van der Waals surface area contributed by atoms with Gasteiger partial charge in [-0.15, -0.1) is 0 Å². The smallest absolute Gasteiger partial charge is 0.320 e. The molecule has 224 valence electrons. The van der Waals surface area contributed by atoms with Crippen LogP contribution in [0.15, 0.2) is 140 Å². The maximum Gasteiger partial charge on any atom is 0.320 e. The SMILES string of the molecule is COC/C=C/c1nn(C(c2ccccc2)(c2ccccc2)c2ccccc2)c2cc(NC(=O)NC(C)c3ccccc3)ncc12. The van der Waals surface area contributed by atoms with Crippen LogP contribution < -0.4 is 10.6 Å². The number of urea groups is 1. The van der Waals surface area contributed by atoms with E-state index in [4.69, 9.17) is 9.84 Å². The van der Waals surface area contributed by atoms with E-state index in [0.29, 0.717) is 12.4 Å². The lowest BCUT2D eigenvalue weighted by atomic mass is 9.77. The topological polar surface area (TPSA) is 81.1 Å². The third kappa shape index (κ3) is 5.98. The van der Waals surface area contributed by atoms with Gasteiger partial charge in [-0.2, -0.15) is 5.10 Å². The van der Waals surface area contributed by atoms with E-state index in [2.05, 4.69) is 56.7 Å². The number of hydrogen-bond acceptors (Lipinski definition) is 4. The molecule has 0 aliphatic carbocycles. The Morgan fingerprint density at radius 1 is 0.844 bits per heavy atom. The van der Waals surface area contributed by atoms with Gasteiger partial charge in [0.15, 0.2) is 0 Å². The zero-order chi connectivity index (χ0) is 31.1. The summed E-state index contributed by atoms with van der Waals surface area (Å²) in [7, 11) is 1.66. The number of carbonyl (C=O) groups excluding carboxylic acids is 1. The molecular formula is C38H35N5O2. The lowest BCUT2D eigenvalue weighted by Gasteiger charge is -2.37. The van der Waals surface area contributed by atoms with E-state index < -0.39 is 5.54 Å². The first-order valence-electron chi connectivity index (χ1n) is 14.9. The zero-order valence-corrected chi connectivity index (χ0v) is 25.3. The molecule has 4 aromatic carbocycles. The second-order valence-electron chi connectivity index (χ2n) is 10.8. The highest BCUT2D eigenvalue weighted by Gasteiger charge is 2.40. The van der Waals surface area contributed by atoms with E-state index in [0.717, 1.165) is 38.9 Å². The van der Waals surface area contributed by atoms with E-state index in [1.165, 1.54) is 0 Å². The molecule has 6 aromatic rings. The fourth-order valence-corrected chi connectivity index (χ4v) is 5.81. The minimum absolute atomic E-state index is 0.181. The Morgan fingerprint density at radius 3 is 1.91 bits per heavy atom. The number of benzene rings is 4. The number of aromatic nitrogens is 3. The minimum Gasteiger partial charge on any atom is -0.381 e. The van der Waals surface area contributed by atoms with Crippen molar-refractivity contribution in [3.05, 3.63) is 168 Å². The fourth-order valence-electron chi connectivity index (χ4n) is 5.81. The molecule has 0 saturated heterocycles. The number of pyridine rings is 1. The van der Waals surface area contributed by atoms with Crippen molar-refractivity contribution < 1.29 is 9.53 Å². The van der Waals surface area contributed by atoms with Gasteiger partial charge in [0.25, 0.3) is 0 Å². The summed E-state index contributed by atoms with van der Waals surface area (Å²) in [6.07, 6.45) is 5.66. The van der Waals surface area contributed by atoms with Crippen LogP contribution in [-0.2, 0) is 10.3 Å². The van der Waals surface area contributed by atoms with Crippen molar-refractivity contribution in [2.75, 3.05) is 19.0 Å². The molecular weight excluding hydrogens is 558 g/mol. The molecule has 0 aliphatic rings. The van der Waals surface area contributed by atoms with Crippen molar-refractivity contribution in [3.63, 3.8) is 0 Å². The Kier molecular flexibility index (Phi) is 8.80. The van der Waals surface area contributed by atoms with E-state index >= 15 is 0 Å². The monoisotopic (exact) mass is 593 g/mol. The van der Waals surface area contributed by atoms with Crippen LogP contribution in [0, 0.1) is 0 Å². The third-order valence-electron chi connectivity index (χ3n) is 7.91. The van der Waals surface area contributed by atoms with Crippen LogP contribution in [0.2, 0.25) is 0 Å². The molecule has 0 spiro atoms. The number of nitrogens with zero attached hydrogens (tertiary/aromatic N) is 3. The first-order valence-corrected chi connectivity index (χ1v) is 14.9. The van der Waals surface area contributed by atoms with Crippen LogP contribution in [-0.4, -0.2) is 34.5 Å². The number of methoxy groups -OCH3 is 1. The van der Waals surface area contributed by atoms with E-state index in [1.54, 1.807) is 13.3 Å². The summed E-state index contributed by atoms with van der Waals surface area (Å²) < 4.78 is 7.35. The lowest BCUT2D eigenvalue weighted by Crippen LogP contribution is -2.38. The Balaban J connectivity index is 1.54. The largest absolute Gasteiger partial charge is 0.381 e. The van der Waals surface area contributed by atoms with Crippen LogP contribution in [0.1, 0.15) is 40.9 Å². The summed E-state index contributed by atoms with van der Waals surface area (Å²) in [5.74, 6) is 0.414. The van der Waals surface area contributed by atoms with Crippen LogP contribution in [0.4, 0.5) is 10.6 Å². The molecule has 6 rings (SSSR count). The number of rotatable bonds is 10. The minimum atomic E-state index is -0.849. The predicted molar refractivity (Wildman–Crippen MR) is 180 cm³/mol. The van der Waals surface area contributed by atoms with E-state index in [1.807, 2.05) is 110 Å². The molecule has 0 bridgehead atoms. The molecule has 7 heteroatoms. The van der Waals surface area contributed by atoms with Gasteiger partial charge in [-0.05, 0) is 35.3 Å². The number of ether oxygens (including phenoxy) is 1. The first kappa shape index (κ1) is 29.5. The Morgan fingerprint density at radius 2 is 1.38 bits per heavy atom. The average molecular weight is 594 g/mol. The second kappa shape index (κ2) is 13.4. The molecule has 45 heavy (non-hydrogen) atoms. The maximum absolute atomic E-state index is 13.1. The highest BCUT2D eigenvalue weighted by Crippen LogP contribution is 2.43. The molecule has 2 heterocycles. The lowest BCUT2D eigenvalue weighted by molar-refractivity contribution is 0.234. The van der Waals surface area contributed by atoms with Gasteiger partial charge in [0.2, 0.25) is 0 Å². The Hall–Kier alpha value is -5.53. The molecule has 1 unspecified atom stereocenters. The van der Waals surface area contributed by atoms with Gasteiger partial charge in [-0.25, -0.2) is 14.5 Å². The summed E-state index contributed by atoms with van der Waals surface area (Å²) in [6, 6.07) is 42.4. The average Bonchev–Trinajstić information content (AvgIpc) is 3.45. The van der Waals surface area contributed by atoms with Crippen molar-refractivity contribution in [2.45, 2.75) is 18.5 Å². The summed E-state index contributed by atoms with van der Waals surface area (Å²) in [4.78, 5) is 17.8. The molecule has 0 radical (unpaired) electrons. The van der Waals surface area contributed by atoms with Gasteiger partial charge >= 0.3 is 6.03 Å². The van der Waals surface area contributed by atoms with Crippen LogP contribution >= 0.6 is 0 Å². The molecule has 1 atom stereocenters. The molecule has 7 nitrogen and oxygen atoms in total. The third-order valence-corrected chi connectivity index (χ3v) is 7.91. The molecule has 2 amide bonds. The molecule has 0 fully saturated rings. The summed E-state index contributed by atoms with van der Waals surface area (Å²) in [6.45, 7) is 2.40. The normalized spacial score (nSPS) is 12.3. The van der Waals surface area contributed by atoms with Crippen LogP contribution in [0.3, 0.4) is 0 Å². The van der Waals surface area contributed by atoms with Gasteiger partial charge in [-0.1, -0.05) is 127 Å². The van der Waals surface area contributed by atoms with Crippen LogP contribution in [0.5, 0.6) is 0 Å². The zero-order valence-electron chi connectivity index (χ0n) is 25.3. The number of anilines is 1. The Labute approximate surface area is 263 Å². The number of amides is 2. The number of hydrogen-bond donors (Lipinski definition) is 2. The molecule has 2 N–H and O–H groups in total. The van der Waals surface area contributed by atoms with Crippen molar-refractivity contribution in [2.24, 2.45) is 0 Å². The first-order chi connectivity index (χ1) is 22.1. The highest BCUT2D eigenvalue weighted by atomic mass is 16.5. The van der Waals surface area contributed by atoms with Crippen molar-refractivity contribution in [3.8, 4) is 0 Å².